The van der Waals surface area contributed by atoms with Crippen molar-refractivity contribution in [3.63, 3.8) is 0 Å². The van der Waals surface area contributed by atoms with E-state index in [0.717, 1.165) is 26.4 Å². The number of hydrogen-bond acceptors (Lipinski definition) is 5. The van der Waals surface area contributed by atoms with E-state index >= 15 is 0 Å². The van der Waals surface area contributed by atoms with Gasteiger partial charge in [0, 0.05) is 37.2 Å². The molecule has 0 aliphatic rings. The molecule has 0 bridgehead atoms. The third kappa shape index (κ3) is 3.57. The van der Waals surface area contributed by atoms with Crippen LogP contribution in [-0.4, -0.2) is 40.6 Å². The predicted octanol–water partition coefficient (Wildman–Crippen LogP) is 4.07. The minimum absolute atomic E-state index is 0.0943. The standard InChI is InChI=1S/C17H16FN3OS2/c1-21(2)14(22)7-8-23-16-15-13(9-24-17(15)20-10-19-16)11-3-5-12(18)6-4-11/h3-6,9-10H,7-8H2,1-2H3. The van der Waals surface area contributed by atoms with Crippen molar-refractivity contribution in [1.82, 2.24) is 14.9 Å². The fourth-order valence-electron chi connectivity index (χ4n) is 2.26. The molecule has 1 aromatic carbocycles. The van der Waals surface area contributed by atoms with Crippen LogP contribution in [-0.2, 0) is 4.79 Å². The second-order valence-corrected chi connectivity index (χ2v) is 7.34. The highest BCUT2D eigenvalue weighted by Crippen LogP contribution is 2.37. The van der Waals surface area contributed by atoms with Crippen molar-refractivity contribution in [3.05, 3.63) is 41.8 Å². The van der Waals surface area contributed by atoms with Gasteiger partial charge in [-0.25, -0.2) is 14.4 Å². The van der Waals surface area contributed by atoms with Crippen molar-refractivity contribution < 1.29 is 9.18 Å². The number of carbonyl (C=O) groups excluding carboxylic acids is 1. The van der Waals surface area contributed by atoms with Gasteiger partial charge in [0.25, 0.3) is 0 Å². The molecule has 0 saturated carbocycles. The summed E-state index contributed by atoms with van der Waals surface area (Å²) in [6, 6.07) is 6.41. The topological polar surface area (TPSA) is 46.1 Å². The maximum absolute atomic E-state index is 13.2. The number of hydrogen-bond donors (Lipinski definition) is 0. The van der Waals surface area contributed by atoms with Gasteiger partial charge >= 0.3 is 0 Å². The lowest BCUT2D eigenvalue weighted by molar-refractivity contribution is -0.128. The third-order valence-electron chi connectivity index (χ3n) is 3.54. The second kappa shape index (κ2) is 7.27. The smallest absolute Gasteiger partial charge is 0.222 e. The summed E-state index contributed by atoms with van der Waals surface area (Å²) in [5.41, 5.74) is 1.93. The van der Waals surface area contributed by atoms with Crippen molar-refractivity contribution >= 4 is 39.2 Å². The SMILES string of the molecule is CN(C)C(=O)CCSc1ncnc2scc(-c3ccc(F)cc3)c12. The number of carbonyl (C=O) groups is 1. The molecule has 0 N–H and O–H groups in total. The number of halogens is 1. The molecule has 0 spiro atoms. The Morgan fingerprint density at radius 2 is 2.00 bits per heavy atom. The van der Waals surface area contributed by atoms with E-state index in [4.69, 9.17) is 0 Å². The number of rotatable bonds is 5. The zero-order chi connectivity index (χ0) is 17.1. The van der Waals surface area contributed by atoms with Crippen LogP contribution in [0.25, 0.3) is 21.3 Å². The van der Waals surface area contributed by atoms with Crippen LogP contribution in [0.1, 0.15) is 6.42 Å². The Morgan fingerprint density at radius 1 is 1.25 bits per heavy atom. The minimum Gasteiger partial charge on any atom is -0.349 e. The Morgan fingerprint density at radius 3 is 2.71 bits per heavy atom. The van der Waals surface area contributed by atoms with Crippen LogP contribution in [0.5, 0.6) is 0 Å². The fourth-order valence-corrected chi connectivity index (χ4v) is 4.18. The van der Waals surface area contributed by atoms with Crippen LogP contribution in [0.2, 0.25) is 0 Å². The van der Waals surface area contributed by atoms with Crippen LogP contribution in [0.15, 0.2) is 41.0 Å². The Kier molecular flexibility index (Phi) is 5.11. The molecule has 124 valence electrons. The molecule has 3 rings (SSSR count). The quantitative estimate of drug-likeness (QED) is 0.508. The van der Waals surface area contributed by atoms with Gasteiger partial charge in [0.2, 0.25) is 5.91 Å². The number of thioether (sulfide) groups is 1. The van der Waals surface area contributed by atoms with E-state index in [1.807, 2.05) is 5.38 Å². The number of aromatic nitrogens is 2. The van der Waals surface area contributed by atoms with Gasteiger partial charge in [0.05, 0.1) is 5.39 Å². The van der Waals surface area contributed by atoms with Gasteiger partial charge in [-0.05, 0) is 17.7 Å². The minimum atomic E-state index is -0.258. The zero-order valence-corrected chi connectivity index (χ0v) is 15.0. The van der Waals surface area contributed by atoms with Crippen molar-refractivity contribution in [2.45, 2.75) is 11.4 Å². The molecule has 0 unspecified atom stereocenters. The van der Waals surface area contributed by atoms with Gasteiger partial charge in [0.1, 0.15) is 22.0 Å². The summed E-state index contributed by atoms with van der Waals surface area (Å²) in [5, 5.41) is 3.84. The van der Waals surface area contributed by atoms with Crippen molar-refractivity contribution in [3.8, 4) is 11.1 Å². The van der Waals surface area contributed by atoms with E-state index < -0.39 is 0 Å². The second-order valence-electron chi connectivity index (χ2n) is 5.40. The molecule has 2 aromatic heterocycles. The highest BCUT2D eigenvalue weighted by atomic mass is 32.2. The normalized spacial score (nSPS) is 11.0. The summed E-state index contributed by atoms with van der Waals surface area (Å²) in [6.45, 7) is 0. The van der Waals surface area contributed by atoms with E-state index in [1.165, 1.54) is 23.5 Å². The average molecular weight is 361 g/mol. The molecule has 0 radical (unpaired) electrons. The van der Waals surface area contributed by atoms with E-state index in [0.29, 0.717) is 12.2 Å². The molecule has 24 heavy (non-hydrogen) atoms. The Labute approximate surface area is 147 Å². The molecule has 7 heteroatoms. The van der Waals surface area contributed by atoms with Crippen LogP contribution >= 0.6 is 23.1 Å². The Bertz CT molecular complexity index is 862. The van der Waals surface area contributed by atoms with Gasteiger partial charge in [-0.15, -0.1) is 23.1 Å². The summed E-state index contributed by atoms with van der Waals surface area (Å²) in [7, 11) is 3.50. The number of benzene rings is 1. The molecular formula is C17H16FN3OS2. The maximum Gasteiger partial charge on any atom is 0.222 e. The summed E-state index contributed by atoms with van der Waals surface area (Å²) >= 11 is 3.08. The van der Waals surface area contributed by atoms with Crippen LogP contribution in [0, 0.1) is 5.82 Å². The lowest BCUT2D eigenvalue weighted by atomic mass is 10.1. The van der Waals surface area contributed by atoms with Gasteiger partial charge in [-0.3, -0.25) is 4.79 Å². The predicted molar refractivity (Wildman–Crippen MR) is 96.8 cm³/mol. The van der Waals surface area contributed by atoms with Gasteiger partial charge in [-0.2, -0.15) is 0 Å². The maximum atomic E-state index is 13.2. The van der Waals surface area contributed by atoms with E-state index in [2.05, 4.69) is 9.97 Å². The summed E-state index contributed by atoms with van der Waals surface area (Å²) in [5.74, 6) is 0.491. The molecule has 4 nitrogen and oxygen atoms in total. The number of nitrogens with zero attached hydrogens (tertiary/aromatic N) is 3. The zero-order valence-electron chi connectivity index (χ0n) is 13.3. The number of amides is 1. The number of thiophene rings is 1. The largest absolute Gasteiger partial charge is 0.349 e. The monoisotopic (exact) mass is 361 g/mol. The highest BCUT2D eigenvalue weighted by molar-refractivity contribution is 7.99. The fraction of sp³-hybridized carbons (Fsp3) is 0.235. The summed E-state index contributed by atoms with van der Waals surface area (Å²) in [4.78, 5) is 22.9. The van der Waals surface area contributed by atoms with Crippen LogP contribution < -0.4 is 0 Å². The average Bonchev–Trinajstić information content (AvgIpc) is 3.00. The molecule has 0 aliphatic carbocycles. The third-order valence-corrected chi connectivity index (χ3v) is 5.42. The lowest BCUT2D eigenvalue weighted by Gasteiger charge is -2.10. The van der Waals surface area contributed by atoms with Crippen molar-refractivity contribution in [1.29, 1.82) is 0 Å². The first kappa shape index (κ1) is 16.9. The molecule has 0 fully saturated rings. The van der Waals surface area contributed by atoms with Crippen molar-refractivity contribution in [2.75, 3.05) is 19.8 Å². The van der Waals surface area contributed by atoms with Gasteiger partial charge in [-0.1, -0.05) is 12.1 Å². The highest BCUT2D eigenvalue weighted by Gasteiger charge is 2.14. The first-order valence-electron chi connectivity index (χ1n) is 7.37. The van der Waals surface area contributed by atoms with E-state index in [1.54, 1.807) is 49.2 Å². The van der Waals surface area contributed by atoms with Crippen molar-refractivity contribution in [2.24, 2.45) is 0 Å². The van der Waals surface area contributed by atoms with E-state index in [9.17, 15) is 9.18 Å². The molecule has 0 saturated heterocycles. The lowest BCUT2D eigenvalue weighted by Crippen LogP contribution is -2.21. The van der Waals surface area contributed by atoms with Crippen LogP contribution in [0.3, 0.4) is 0 Å². The Balaban J connectivity index is 1.90. The van der Waals surface area contributed by atoms with Crippen LogP contribution in [0.4, 0.5) is 4.39 Å². The molecule has 2 heterocycles. The first-order chi connectivity index (χ1) is 11.6. The first-order valence-corrected chi connectivity index (χ1v) is 9.24. The molecule has 3 aromatic rings. The molecule has 0 aliphatic heterocycles. The summed E-state index contributed by atoms with van der Waals surface area (Å²) in [6.07, 6.45) is 2.00. The molecule has 1 amide bonds. The summed E-state index contributed by atoms with van der Waals surface area (Å²) < 4.78 is 13.2. The molecule has 0 atom stereocenters. The Hall–Kier alpha value is -1.99. The van der Waals surface area contributed by atoms with Gasteiger partial charge < -0.3 is 4.90 Å². The number of fused-ring (bicyclic) bond motifs is 1. The van der Waals surface area contributed by atoms with Gasteiger partial charge in [0.15, 0.2) is 0 Å². The molecular weight excluding hydrogens is 345 g/mol. The van der Waals surface area contributed by atoms with E-state index in [-0.39, 0.29) is 11.7 Å².